The molecule has 0 aromatic heterocycles. The summed E-state index contributed by atoms with van der Waals surface area (Å²) in [6.45, 7) is 0. The molecule has 44 heavy (non-hydrogen) atoms. The van der Waals surface area contributed by atoms with Gasteiger partial charge in [-0.05, 0) is 48.5 Å². The van der Waals surface area contributed by atoms with E-state index in [-0.39, 0.29) is 21.2 Å². The Kier molecular flexibility index (Phi) is 9.13. The highest BCUT2D eigenvalue weighted by atomic mass is 79.9. The van der Waals surface area contributed by atoms with Gasteiger partial charge in [-0.1, -0.05) is 18.2 Å². The largest absolute Gasteiger partial charge is 0.457 e. The minimum Gasteiger partial charge on any atom is -0.311 e. The van der Waals surface area contributed by atoms with Crippen molar-refractivity contribution in [1.29, 1.82) is 0 Å². The number of carbonyl (C=O) groups excluding carboxylic acids is 2. The molecule has 0 aliphatic carbocycles. The third-order valence-corrected chi connectivity index (χ3v) is 6.83. The lowest BCUT2D eigenvalue weighted by Gasteiger charge is -2.36. The number of nitrogens with zero attached hydrogens (tertiary/aromatic N) is 2. The van der Waals surface area contributed by atoms with E-state index in [2.05, 4.69) is 16.1 Å². The smallest absolute Gasteiger partial charge is 0.311 e. The summed E-state index contributed by atoms with van der Waals surface area (Å²) in [6.07, 6.45) is -20.1. The molecule has 0 bridgehead atoms. The number of alkyl halides is 12. The minimum absolute atomic E-state index is 0.0114. The zero-order valence-electron chi connectivity index (χ0n) is 21.4. The standard InChI is InChI=1S/C26H14BrF13N2O2/c1-41(20(43)13-4-2-6-16(28)10-13)17-7-3-5-14(11-17)21(44)42(27)19-9-8-15(12-18(19)23(30,31)32)22(29,25(35,36)37)24(33,34)26(38,39)40/h2-12H,1H3. The summed E-state index contributed by atoms with van der Waals surface area (Å²) in [5.74, 6) is -10.2. The highest BCUT2D eigenvalue weighted by Crippen LogP contribution is 2.59. The Morgan fingerprint density at radius 2 is 1.23 bits per heavy atom. The van der Waals surface area contributed by atoms with Crippen LogP contribution < -0.4 is 8.83 Å². The average Bonchev–Trinajstić information content (AvgIpc) is 2.93. The van der Waals surface area contributed by atoms with E-state index in [9.17, 15) is 66.7 Å². The van der Waals surface area contributed by atoms with E-state index in [1.165, 1.54) is 25.2 Å². The second kappa shape index (κ2) is 11.6. The lowest BCUT2D eigenvalue weighted by Crippen LogP contribution is -2.59. The van der Waals surface area contributed by atoms with Gasteiger partial charge in [0.1, 0.15) is 5.82 Å². The summed E-state index contributed by atoms with van der Waals surface area (Å²) in [6, 6.07) is 7.43. The van der Waals surface area contributed by atoms with E-state index in [4.69, 9.17) is 0 Å². The van der Waals surface area contributed by atoms with Crippen LogP contribution >= 0.6 is 16.1 Å². The number of anilines is 2. The van der Waals surface area contributed by atoms with Gasteiger partial charge in [0.15, 0.2) is 0 Å². The first-order chi connectivity index (χ1) is 19.9. The molecule has 0 spiro atoms. The van der Waals surface area contributed by atoms with Crippen molar-refractivity contribution in [2.45, 2.75) is 30.1 Å². The quantitative estimate of drug-likeness (QED) is 0.189. The predicted molar refractivity (Wildman–Crippen MR) is 133 cm³/mol. The molecule has 18 heteroatoms. The van der Waals surface area contributed by atoms with E-state index in [1.54, 1.807) is 0 Å². The molecule has 0 radical (unpaired) electrons. The summed E-state index contributed by atoms with van der Waals surface area (Å²) in [5, 5.41) is 0. The van der Waals surface area contributed by atoms with Gasteiger partial charge in [0.25, 0.3) is 11.8 Å². The SMILES string of the molecule is CN(C(=O)c1cccc(F)c1)c1cccc(C(=O)N(Br)c2ccc(C(F)(C(F)(F)F)C(F)(F)C(F)(F)F)cc2C(F)(F)F)c1. The molecule has 4 nitrogen and oxygen atoms in total. The van der Waals surface area contributed by atoms with Crippen LogP contribution in [0.15, 0.2) is 66.7 Å². The van der Waals surface area contributed by atoms with Gasteiger partial charge in [0, 0.05) is 29.4 Å². The van der Waals surface area contributed by atoms with Crippen molar-refractivity contribution in [2.24, 2.45) is 0 Å². The van der Waals surface area contributed by atoms with Crippen molar-refractivity contribution in [3.8, 4) is 0 Å². The fourth-order valence-corrected chi connectivity index (χ4v) is 4.38. The third-order valence-electron chi connectivity index (χ3n) is 6.13. The van der Waals surface area contributed by atoms with Gasteiger partial charge >= 0.3 is 30.1 Å². The Morgan fingerprint density at radius 1 is 0.682 bits per heavy atom. The van der Waals surface area contributed by atoms with Crippen molar-refractivity contribution in [2.75, 3.05) is 15.9 Å². The van der Waals surface area contributed by atoms with Crippen molar-refractivity contribution in [1.82, 2.24) is 0 Å². The van der Waals surface area contributed by atoms with Gasteiger partial charge in [0.2, 0.25) is 0 Å². The zero-order valence-corrected chi connectivity index (χ0v) is 22.9. The number of carbonyl (C=O) groups is 2. The first-order valence-corrected chi connectivity index (χ1v) is 12.2. The molecule has 3 rings (SSSR count). The molecule has 0 aliphatic heterocycles. The Morgan fingerprint density at radius 3 is 1.73 bits per heavy atom. The number of rotatable bonds is 6. The van der Waals surface area contributed by atoms with Crippen LogP contribution in [0.5, 0.6) is 0 Å². The molecule has 1 atom stereocenters. The van der Waals surface area contributed by atoms with Crippen LogP contribution in [0.2, 0.25) is 0 Å². The number of amides is 2. The normalized spacial score (nSPS) is 14.2. The maximum absolute atomic E-state index is 14.9. The lowest BCUT2D eigenvalue weighted by molar-refractivity contribution is -0.389. The third kappa shape index (κ3) is 6.21. The van der Waals surface area contributed by atoms with E-state index < -0.39 is 82.3 Å². The van der Waals surface area contributed by atoms with Crippen molar-refractivity contribution >= 4 is 39.3 Å². The average molecular weight is 713 g/mol. The number of hydrogen-bond acceptors (Lipinski definition) is 2. The second-order valence-corrected chi connectivity index (χ2v) is 9.68. The Labute approximate surface area is 247 Å². The first kappa shape index (κ1) is 34.7. The fraction of sp³-hybridized carbons (Fsp3) is 0.231. The van der Waals surface area contributed by atoms with Crippen LogP contribution in [-0.4, -0.2) is 37.1 Å². The zero-order chi connectivity index (χ0) is 33.6. The molecule has 0 heterocycles. The lowest BCUT2D eigenvalue weighted by atomic mass is 9.86. The fourth-order valence-electron chi connectivity index (χ4n) is 3.87. The molecule has 0 N–H and O–H groups in total. The van der Waals surface area contributed by atoms with E-state index in [1.807, 2.05) is 0 Å². The van der Waals surface area contributed by atoms with Crippen molar-refractivity contribution < 1.29 is 66.7 Å². The summed E-state index contributed by atoms with van der Waals surface area (Å²) >= 11 is 2.47. The summed E-state index contributed by atoms with van der Waals surface area (Å²) < 4.78 is 176. The van der Waals surface area contributed by atoms with E-state index in [0.29, 0.717) is 0 Å². The van der Waals surface area contributed by atoms with E-state index >= 15 is 0 Å². The summed E-state index contributed by atoms with van der Waals surface area (Å²) in [5.41, 5.74) is -13.9. The van der Waals surface area contributed by atoms with Crippen LogP contribution in [-0.2, 0) is 11.8 Å². The van der Waals surface area contributed by atoms with Gasteiger partial charge in [-0.3, -0.25) is 9.59 Å². The molecular weight excluding hydrogens is 699 g/mol. The van der Waals surface area contributed by atoms with Gasteiger partial charge in [0.05, 0.1) is 27.4 Å². The molecule has 3 aromatic carbocycles. The highest BCUT2D eigenvalue weighted by Gasteiger charge is 2.81. The molecule has 0 saturated carbocycles. The second-order valence-electron chi connectivity index (χ2n) is 8.97. The number of halogens is 14. The molecule has 1 unspecified atom stereocenters. The topological polar surface area (TPSA) is 40.6 Å². The Hall–Kier alpha value is -3.83. The monoisotopic (exact) mass is 712 g/mol. The van der Waals surface area contributed by atoms with E-state index in [0.717, 1.165) is 35.2 Å². The molecule has 0 saturated heterocycles. The van der Waals surface area contributed by atoms with Crippen LogP contribution in [0.25, 0.3) is 0 Å². The Balaban J connectivity index is 2.08. The summed E-state index contributed by atoms with van der Waals surface area (Å²) in [4.78, 5) is 26.7. The van der Waals surface area contributed by atoms with Crippen LogP contribution in [0.3, 0.4) is 0 Å². The van der Waals surface area contributed by atoms with Gasteiger partial charge < -0.3 is 4.90 Å². The van der Waals surface area contributed by atoms with Crippen LogP contribution in [0.1, 0.15) is 31.8 Å². The Bertz CT molecular complexity index is 1570. The predicted octanol–water partition coefficient (Wildman–Crippen LogP) is 9.00. The van der Waals surface area contributed by atoms with Gasteiger partial charge in [-0.2, -0.15) is 48.3 Å². The first-order valence-electron chi connectivity index (χ1n) is 11.5. The molecule has 0 aliphatic rings. The van der Waals surface area contributed by atoms with Gasteiger partial charge in [-0.25, -0.2) is 12.7 Å². The van der Waals surface area contributed by atoms with Crippen molar-refractivity contribution in [3.05, 3.63) is 94.8 Å². The van der Waals surface area contributed by atoms with Crippen LogP contribution in [0.4, 0.5) is 68.5 Å². The molecule has 0 fully saturated rings. The molecular formula is C26H14BrF13N2O2. The summed E-state index contributed by atoms with van der Waals surface area (Å²) in [7, 11) is 1.20. The highest BCUT2D eigenvalue weighted by molar-refractivity contribution is 9.10. The minimum atomic E-state index is -7.23. The maximum atomic E-state index is 14.9. The molecule has 3 aromatic rings. The van der Waals surface area contributed by atoms with Gasteiger partial charge in [-0.15, -0.1) is 0 Å². The van der Waals surface area contributed by atoms with Crippen LogP contribution in [0, 0.1) is 5.82 Å². The molecule has 238 valence electrons. The van der Waals surface area contributed by atoms with Crippen molar-refractivity contribution in [3.63, 3.8) is 0 Å². The number of hydrogen-bond donors (Lipinski definition) is 0. The number of benzene rings is 3. The maximum Gasteiger partial charge on any atom is 0.457 e. The molecule has 2 amide bonds.